The van der Waals surface area contributed by atoms with E-state index >= 15 is 0 Å². The van der Waals surface area contributed by atoms with Crippen molar-refractivity contribution >= 4 is 10.9 Å². The van der Waals surface area contributed by atoms with Crippen molar-refractivity contribution in [3.63, 3.8) is 0 Å². The molecule has 0 amide bonds. The van der Waals surface area contributed by atoms with Gasteiger partial charge in [-0.1, -0.05) is 12.1 Å². The van der Waals surface area contributed by atoms with Gasteiger partial charge in [-0.2, -0.15) is 0 Å². The second kappa shape index (κ2) is 6.65. The minimum absolute atomic E-state index is 0.0910. The minimum Gasteiger partial charge on any atom is -0.493 e. The number of ether oxygens (including phenoxy) is 2. The third-order valence-corrected chi connectivity index (χ3v) is 5.21. The summed E-state index contributed by atoms with van der Waals surface area (Å²) < 4.78 is 27.9. The van der Waals surface area contributed by atoms with Crippen molar-refractivity contribution < 1.29 is 13.9 Å². The quantitative estimate of drug-likeness (QED) is 0.774. The van der Waals surface area contributed by atoms with E-state index in [9.17, 15) is 4.39 Å². The first-order valence-electron chi connectivity index (χ1n) is 8.84. The summed E-state index contributed by atoms with van der Waals surface area (Å²) in [7, 11) is 3.26. The standard InChI is InChI=1S/C21H23FN2O2/c1-13-4-6-16-20(21(13)22)15-8-9-23-11-17(15)24(16)12-14-5-7-18(25-2)19(10-14)26-3/h4-7,10,23H,8-9,11-12H2,1-3H3. The molecule has 1 aliphatic heterocycles. The van der Waals surface area contributed by atoms with Crippen molar-refractivity contribution in [3.8, 4) is 11.5 Å². The Balaban J connectivity index is 1.86. The van der Waals surface area contributed by atoms with Gasteiger partial charge in [0.15, 0.2) is 11.5 Å². The molecular formula is C21H23FN2O2. The van der Waals surface area contributed by atoms with E-state index in [0.29, 0.717) is 23.6 Å². The highest BCUT2D eigenvalue weighted by atomic mass is 19.1. The van der Waals surface area contributed by atoms with Gasteiger partial charge in [0, 0.05) is 24.2 Å². The molecule has 0 aliphatic carbocycles. The highest BCUT2D eigenvalue weighted by Gasteiger charge is 2.23. The van der Waals surface area contributed by atoms with Crippen molar-refractivity contribution in [2.45, 2.75) is 26.4 Å². The lowest BCUT2D eigenvalue weighted by Gasteiger charge is -2.18. The van der Waals surface area contributed by atoms with Gasteiger partial charge in [-0.05, 0) is 54.8 Å². The summed E-state index contributed by atoms with van der Waals surface area (Å²) in [6.07, 6.45) is 0.852. The average molecular weight is 354 g/mol. The van der Waals surface area contributed by atoms with E-state index in [1.54, 1.807) is 14.2 Å². The summed E-state index contributed by atoms with van der Waals surface area (Å²) in [6.45, 7) is 4.13. The zero-order chi connectivity index (χ0) is 18.3. The lowest BCUT2D eigenvalue weighted by atomic mass is 10.0. The second-order valence-electron chi connectivity index (χ2n) is 6.72. The maximum Gasteiger partial charge on any atom is 0.161 e. The molecule has 136 valence electrons. The van der Waals surface area contributed by atoms with Crippen LogP contribution in [0.5, 0.6) is 11.5 Å². The number of hydrogen-bond donors (Lipinski definition) is 1. The Morgan fingerprint density at radius 2 is 1.92 bits per heavy atom. The van der Waals surface area contributed by atoms with Gasteiger partial charge in [-0.25, -0.2) is 4.39 Å². The summed E-state index contributed by atoms with van der Waals surface area (Å²) in [5, 5.41) is 4.19. The number of nitrogens with zero attached hydrogens (tertiary/aromatic N) is 1. The largest absolute Gasteiger partial charge is 0.493 e. The van der Waals surface area contributed by atoms with Gasteiger partial charge in [-0.3, -0.25) is 0 Å². The maximum atomic E-state index is 14.9. The highest BCUT2D eigenvalue weighted by Crippen LogP contribution is 2.34. The highest BCUT2D eigenvalue weighted by molar-refractivity contribution is 5.87. The molecule has 0 atom stereocenters. The lowest BCUT2D eigenvalue weighted by molar-refractivity contribution is 0.354. The molecule has 0 radical (unpaired) electrons. The molecule has 0 saturated heterocycles. The predicted molar refractivity (Wildman–Crippen MR) is 101 cm³/mol. The molecule has 4 rings (SSSR count). The fourth-order valence-corrected chi connectivity index (χ4v) is 3.87. The summed E-state index contributed by atoms with van der Waals surface area (Å²) in [6, 6.07) is 9.82. The van der Waals surface area contributed by atoms with Crippen LogP contribution in [-0.4, -0.2) is 25.3 Å². The van der Waals surface area contributed by atoms with Crippen molar-refractivity contribution in [3.05, 3.63) is 58.5 Å². The van der Waals surface area contributed by atoms with Gasteiger partial charge in [0.05, 0.1) is 19.7 Å². The van der Waals surface area contributed by atoms with Crippen LogP contribution in [0.3, 0.4) is 0 Å². The summed E-state index contributed by atoms with van der Waals surface area (Å²) >= 11 is 0. The van der Waals surface area contributed by atoms with Crippen molar-refractivity contribution in [1.82, 2.24) is 9.88 Å². The molecule has 3 aromatic rings. The van der Waals surface area contributed by atoms with Crippen LogP contribution in [0.15, 0.2) is 30.3 Å². The van der Waals surface area contributed by atoms with Crippen LogP contribution in [-0.2, 0) is 19.5 Å². The molecule has 2 aromatic carbocycles. The van der Waals surface area contributed by atoms with Crippen LogP contribution >= 0.6 is 0 Å². The number of benzene rings is 2. The molecule has 5 heteroatoms. The van der Waals surface area contributed by atoms with Gasteiger partial charge < -0.3 is 19.4 Å². The minimum atomic E-state index is -0.0910. The molecular weight excluding hydrogens is 331 g/mol. The second-order valence-corrected chi connectivity index (χ2v) is 6.72. The van der Waals surface area contributed by atoms with E-state index in [0.717, 1.165) is 41.5 Å². The Bertz CT molecular complexity index is 978. The molecule has 1 aromatic heterocycles. The molecule has 0 saturated carbocycles. The first-order chi connectivity index (χ1) is 12.6. The van der Waals surface area contributed by atoms with Gasteiger partial charge in [0.25, 0.3) is 0 Å². The number of hydrogen-bond acceptors (Lipinski definition) is 3. The lowest BCUT2D eigenvalue weighted by Crippen LogP contribution is -2.25. The Labute approximate surface area is 152 Å². The normalized spacial score (nSPS) is 13.7. The third kappa shape index (κ3) is 2.63. The SMILES string of the molecule is COc1ccc(Cn2c3c(c4c(F)c(C)ccc42)CCNC3)cc1OC. The van der Waals surface area contributed by atoms with Crippen LogP contribution in [0.4, 0.5) is 4.39 Å². The van der Waals surface area contributed by atoms with Crippen molar-refractivity contribution in [2.75, 3.05) is 20.8 Å². The van der Waals surface area contributed by atoms with Crippen molar-refractivity contribution in [2.24, 2.45) is 0 Å². The number of rotatable bonds is 4. The topological polar surface area (TPSA) is 35.4 Å². The zero-order valence-electron chi connectivity index (χ0n) is 15.4. The van der Waals surface area contributed by atoms with Crippen LogP contribution in [0.1, 0.15) is 22.4 Å². The fraction of sp³-hybridized carbons (Fsp3) is 0.333. The van der Waals surface area contributed by atoms with E-state index in [4.69, 9.17) is 9.47 Å². The van der Waals surface area contributed by atoms with E-state index in [-0.39, 0.29) is 5.82 Å². The van der Waals surface area contributed by atoms with Gasteiger partial charge >= 0.3 is 0 Å². The van der Waals surface area contributed by atoms with Crippen LogP contribution in [0, 0.1) is 12.7 Å². The number of aromatic nitrogens is 1. The van der Waals surface area contributed by atoms with Crippen molar-refractivity contribution in [1.29, 1.82) is 0 Å². The number of methoxy groups -OCH3 is 2. The Morgan fingerprint density at radius 1 is 1.12 bits per heavy atom. The van der Waals surface area contributed by atoms with Gasteiger partial charge in [0.2, 0.25) is 0 Å². The Morgan fingerprint density at radius 3 is 2.69 bits per heavy atom. The van der Waals surface area contributed by atoms with Crippen LogP contribution in [0.2, 0.25) is 0 Å². The van der Waals surface area contributed by atoms with E-state index in [2.05, 4.69) is 9.88 Å². The number of halogens is 1. The van der Waals surface area contributed by atoms with E-state index in [1.165, 1.54) is 5.69 Å². The number of nitrogens with one attached hydrogen (secondary N) is 1. The molecule has 1 N–H and O–H groups in total. The van der Waals surface area contributed by atoms with Gasteiger partial charge in [-0.15, -0.1) is 0 Å². The zero-order valence-corrected chi connectivity index (χ0v) is 15.4. The third-order valence-electron chi connectivity index (χ3n) is 5.21. The van der Waals surface area contributed by atoms with E-state index in [1.807, 2.05) is 37.3 Å². The molecule has 0 bridgehead atoms. The van der Waals surface area contributed by atoms with Crippen LogP contribution < -0.4 is 14.8 Å². The predicted octanol–water partition coefficient (Wildman–Crippen LogP) is 3.80. The first kappa shape index (κ1) is 16.9. The van der Waals surface area contributed by atoms with Gasteiger partial charge in [0.1, 0.15) is 5.82 Å². The Hall–Kier alpha value is -2.53. The molecule has 2 heterocycles. The summed E-state index contributed by atoms with van der Waals surface area (Å²) in [5.41, 5.74) is 5.05. The molecule has 4 nitrogen and oxygen atoms in total. The summed E-state index contributed by atoms with van der Waals surface area (Å²) in [4.78, 5) is 0. The van der Waals surface area contributed by atoms with E-state index < -0.39 is 0 Å². The molecule has 1 aliphatic rings. The fourth-order valence-electron chi connectivity index (χ4n) is 3.87. The molecule has 26 heavy (non-hydrogen) atoms. The molecule has 0 fully saturated rings. The number of fused-ring (bicyclic) bond motifs is 3. The average Bonchev–Trinajstić information content (AvgIpc) is 2.99. The maximum absolute atomic E-state index is 14.9. The van der Waals surface area contributed by atoms with Crippen LogP contribution in [0.25, 0.3) is 10.9 Å². The Kier molecular flexibility index (Phi) is 4.32. The molecule has 0 unspecified atom stereocenters. The first-order valence-corrected chi connectivity index (χ1v) is 8.84. The summed E-state index contributed by atoms with van der Waals surface area (Å²) in [5.74, 6) is 1.32. The monoisotopic (exact) mass is 354 g/mol. The smallest absolute Gasteiger partial charge is 0.161 e. The number of aryl methyl sites for hydroxylation is 1. The molecule has 0 spiro atoms.